The van der Waals surface area contributed by atoms with Crippen LogP contribution in [0, 0.1) is 5.41 Å². The van der Waals surface area contributed by atoms with Crippen LogP contribution < -0.4 is 0 Å². The Labute approximate surface area is 79.3 Å². The van der Waals surface area contributed by atoms with Crippen LogP contribution in [0.5, 0.6) is 0 Å². The van der Waals surface area contributed by atoms with E-state index in [9.17, 15) is 9.90 Å². The van der Waals surface area contributed by atoms with E-state index >= 15 is 0 Å². The monoisotopic (exact) mass is 182 g/mol. The van der Waals surface area contributed by atoms with E-state index in [0.29, 0.717) is 5.78 Å². The van der Waals surface area contributed by atoms with Crippen LogP contribution in [0.25, 0.3) is 0 Å². The van der Waals surface area contributed by atoms with Crippen molar-refractivity contribution in [2.45, 2.75) is 57.5 Å². The number of hydrogen-bond acceptors (Lipinski definition) is 2. The molecule has 0 amide bonds. The standard InChI is InChI=1S/C11H18O2/c12-9-3-1-5-11(7-9)6-2-4-10(13)8-11/h9,12H,1-8H2/t9-,11+/m0/s1. The Kier molecular flexibility index (Phi) is 2.41. The number of carbonyl (C=O) groups excluding carboxylic acids is 1. The highest BCUT2D eigenvalue weighted by Gasteiger charge is 2.39. The van der Waals surface area contributed by atoms with Gasteiger partial charge in [-0.2, -0.15) is 0 Å². The fourth-order valence-electron chi connectivity index (χ4n) is 3.06. The largest absolute Gasteiger partial charge is 0.393 e. The second-order valence-electron chi connectivity index (χ2n) is 4.82. The van der Waals surface area contributed by atoms with Crippen molar-refractivity contribution in [3.63, 3.8) is 0 Å². The molecule has 0 aromatic heterocycles. The summed E-state index contributed by atoms with van der Waals surface area (Å²) in [5.74, 6) is 0.417. The summed E-state index contributed by atoms with van der Waals surface area (Å²) in [5, 5.41) is 9.60. The van der Waals surface area contributed by atoms with E-state index in [0.717, 1.165) is 51.4 Å². The van der Waals surface area contributed by atoms with Gasteiger partial charge in [0.2, 0.25) is 0 Å². The quantitative estimate of drug-likeness (QED) is 0.622. The first kappa shape index (κ1) is 9.20. The van der Waals surface area contributed by atoms with Crippen LogP contribution in [0.3, 0.4) is 0 Å². The molecule has 1 N–H and O–H groups in total. The number of hydrogen-bond donors (Lipinski definition) is 1. The molecule has 0 aliphatic heterocycles. The van der Waals surface area contributed by atoms with Crippen LogP contribution in [-0.4, -0.2) is 17.0 Å². The highest BCUT2D eigenvalue weighted by atomic mass is 16.3. The predicted molar refractivity (Wildman–Crippen MR) is 50.4 cm³/mol. The van der Waals surface area contributed by atoms with Crippen molar-refractivity contribution >= 4 is 5.78 Å². The topological polar surface area (TPSA) is 37.3 Å². The van der Waals surface area contributed by atoms with Crippen molar-refractivity contribution in [2.75, 3.05) is 0 Å². The molecule has 0 radical (unpaired) electrons. The number of aliphatic hydroxyl groups is 1. The van der Waals surface area contributed by atoms with E-state index in [1.54, 1.807) is 0 Å². The molecule has 2 heteroatoms. The van der Waals surface area contributed by atoms with Gasteiger partial charge in [-0.15, -0.1) is 0 Å². The minimum atomic E-state index is -0.139. The van der Waals surface area contributed by atoms with Crippen LogP contribution in [-0.2, 0) is 4.79 Å². The minimum Gasteiger partial charge on any atom is -0.393 e. The number of ketones is 1. The van der Waals surface area contributed by atoms with Gasteiger partial charge < -0.3 is 5.11 Å². The molecule has 13 heavy (non-hydrogen) atoms. The first-order valence-electron chi connectivity index (χ1n) is 5.40. The molecule has 2 aliphatic carbocycles. The zero-order valence-corrected chi connectivity index (χ0v) is 8.09. The minimum absolute atomic E-state index is 0.139. The number of Topliss-reactive ketones (excluding diaryl/α,β-unsaturated/α-hetero) is 1. The lowest BCUT2D eigenvalue weighted by Gasteiger charge is -2.41. The number of rotatable bonds is 0. The van der Waals surface area contributed by atoms with E-state index in [2.05, 4.69) is 0 Å². The molecule has 2 rings (SSSR count). The highest BCUT2D eigenvalue weighted by Crippen LogP contribution is 2.46. The van der Waals surface area contributed by atoms with Gasteiger partial charge in [0.1, 0.15) is 5.78 Å². The first-order chi connectivity index (χ1) is 6.20. The molecule has 2 atom stereocenters. The average molecular weight is 182 g/mol. The van der Waals surface area contributed by atoms with Crippen molar-refractivity contribution in [1.82, 2.24) is 0 Å². The second-order valence-corrected chi connectivity index (χ2v) is 4.82. The lowest BCUT2D eigenvalue weighted by molar-refractivity contribution is -0.125. The van der Waals surface area contributed by atoms with Gasteiger partial charge in [0.15, 0.2) is 0 Å². The molecule has 0 aromatic carbocycles. The summed E-state index contributed by atoms with van der Waals surface area (Å²) in [7, 11) is 0. The van der Waals surface area contributed by atoms with Crippen LogP contribution in [0.4, 0.5) is 0 Å². The van der Waals surface area contributed by atoms with E-state index in [4.69, 9.17) is 0 Å². The average Bonchev–Trinajstić information content (AvgIpc) is 2.02. The lowest BCUT2D eigenvalue weighted by Crippen LogP contribution is -2.36. The molecule has 0 bridgehead atoms. The summed E-state index contributed by atoms with van der Waals surface area (Å²) in [6, 6.07) is 0. The number of carbonyl (C=O) groups is 1. The second kappa shape index (κ2) is 3.41. The van der Waals surface area contributed by atoms with Crippen molar-refractivity contribution in [3.05, 3.63) is 0 Å². The lowest BCUT2D eigenvalue weighted by atomic mass is 9.64. The molecular weight excluding hydrogens is 164 g/mol. The molecule has 2 nitrogen and oxygen atoms in total. The van der Waals surface area contributed by atoms with Gasteiger partial charge in [-0.3, -0.25) is 4.79 Å². The molecule has 2 saturated carbocycles. The maximum atomic E-state index is 11.4. The zero-order valence-electron chi connectivity index (χ0n) is 8.09. The van der Waals surface area contributed by atoms with Gasteiger partial charge >= 0.3 is 0 Å². The van der Waals surface area contributed by atoms with Crippen molar-refractivity contribution in [1.29, 1.82) is 0 Å². The Balaban J connectivity index is 2.04. The van der Waals surface area contributed by atoms with Crippen LogP contribution in [0.15, 0.2) is 0 Å². The van der Waals surface area contributed by atoms with Gasteiger partial charge in [0.05, 0.1) is 6.10 Å². The SMILES string of the molecule is O=C1CCC[C@@]2(CCC[C@H](O)C2)C1. The summed E-state index contributed by atoms with van der Waals surface area (Å²) in [5.41, 5.74) is 0.201. The fourth-order valence-corrected chi connectivity index (χ4v) is 3.06. The van der Waals surface area contributed by atoms with Crippen molar-refractivity contribution in [2.24, 2.45) is 5.41 Å². The van der Waals surface area contributed by atoms with Crippen molar-refractivity contribution < 1.29 is 9.90 Å². The molecule has 0 heterocycles. The maximum absolute atomic E-state index is 11.4. The van der Waals surface area contributed by atoms with Crippen molar-refractivity contribution in [3.8, 4) is 0 Å². The van der Waals surface area contributed by atoms with Crippen LogP contribution in [0.1, 0.15) is 51.4 Å². The summed E-state index contributed by atoms with van der Waals surface area (Å²) >= 11 is 0. The Morgan fingerprint density at radius 2 is 2.08 bits per heavy atom. The van der Waals surface area contributed by atoms with Gasteiger partial charge in [-0.25, -0.2) is 0 Å². The first-order valence-corrected chi connectivity index (χ1v) is 5.40. The van der Waals surface area contributed by atoms with E-state index in [1.807, 2.05) is 0 Å². The van der Waals surface area contributed by atoms with Gasteiger partial charge in [-0.05, 0) is 37.5 Å². The normalized spacial score (nSPS) is 41.0. The Morgan fingerprint density at radius 1 is 1.31 bits per heavy atom. The fraction of sp³-hybridized carbons (Fsp3) is 0.909. The van der Waals surface area contributed by atoms with Crippen LogP contribution >= 0.6 is 0 Å². The Hall–Kier alpha value is -0.370. The summed E-state index contributed by atoms with van der Waals surface area (Å²) < 4.78 is 0. The molecule has 0 aromatic rings. The molecule has 0 saturated heterocycles. The molecule has 2 fully saturated rings. The third-order valence-electron chi connectivity index (χ3n) is 3.65. The third-order valence-corrected chi connectivity index (χ3v) is 3.65. The molecule has 1 spiro atoms. The molecule has 0 unspecified atom stereocenters. The van der Waals surface area contributed by atoms with Gasteiger partial charge in [0.25, 0.3) is 0 Å². The molecule has 74 valence electrons. The molecular formula is C11H18O2. The van der Waals surface area contributed by atoms with Gasteiger partial charge in [0, 0.05) is 12.8 Å². The van der Waals surface area contributed by atoms with Gasteiger partial charge in [-0.1, -0.05) is 6.42 Å². The zero-order chi connectivity index (χ0) is 9.31. The predicted octanol–water partition coefficient (Wildman–Crippen LogP) is 2.05. The highest BCUT2D eigenvalue weighted by molar-refractivity contribution is 5.79. The smallest absolute Gasteiger partial charge is 0.133 e. The summed E-state index contributed by atoms with van der Waals surface area (Å²) in [4.78, 5) is 11.4. The Morgan fingerprint density at radius 3 is 2.77 bits per heavy atom. The summed E-state index contributed by atoms with van der Waals surface area (Å²) in [6.45, 7) is 0. The van der Waals surface area contributed by atoms with E-state index in [-0.39, 0.29) is 11.5 Å². The Bertz CT molecular complexity index is 208. The molecule has 2 aliphatic rings. The van der Waals surface area contributed by atoms with Crippen LogP contribution in [0.2, 0.25) is 0 Å². The van der Waals surface area contributed by atoms with E-state index in [1.165, 1.54) is 0 Å². The third kappa shape index (κ3) is 1.93. The number of aliphatic hydroxyl groups excluding tert-OH is 1. The maximum Gasteiger partial charge on any atom is 0.133 e. The van der Waals surface area contributed by atoms with E-state index < -0.39 is 0 Å². The summed E-state index contributed by atoms with van der Waals surface area (Å²) in [6.07, 6.45) is 7.67.